The van der Waals surface area contributed by atoms with E-state index in [1.807, 2.05) is 19.1 Å². The highest BCUT2D eigenvalue weighted by Crippen LogP contribution is 2.27. The largest absolute Gasteiger partial charge is 0.465 e. The number of esters is 1. The van der Waals surface area contributed by atoms with Crippen LogP contribution in [-0.4, -0.2) is 13.1 Å². The number of carbonyl (C=O) groups is 1. The first kappa shape index (κ1) is 14.6. The van der Waals surface area contributed by atoms with Crippen molar-refractivity contribution < 1.29 is 9.53 Å². The molecule has 0 aliphatic heterocycles. The standard InChI is InChI=1S/C16H19NO2S/c1-10-9-13(16(18)19-4)6-7-14(10)17-12(3)15-8-5-11(2)20-15/h5-9,12,17H,1-4H3. The molecule has 1 heterocycles. The molecule has 1 atom stereocenters. The molecule has 0 fully saturated rings. The summed E-state index contributed by atoms with van der Waals surface area (Å²) in [7, 11) is 1.39. The van der Waals surface area contributed by atoms with E-state index < -0.39 is 0 Å². The number of thiophene rings is 1. The Morgan fingerprint density at radius 3 is 2.55 bits per heavy atom. The van der Waals surface area contributed by atoms with Crippen LogP contribution in [0, 0.1) is 13.8 Å². The van der Waals surface area contributed by atoms with Gasteiger partial charge >= 0.3 is 5.97 Å². The van der Waals surface area contributed by atoms with E-state index in [0.29, 0.717) is 5.56 Å². The molecule has 0 radical (unpaired) electrons. The van der Waals surface area contributed by atoms with Crippen LogP contribution in [0.15, 0.2) is 30.3 Å². The van der Waals surface area contributed by atoms with Gasteiger partial charge in [0.15, 0.2) is 0 Å². The molecule has 106 valence electrons. The van der Waals surface area contributed by atoms with E-state index in [-0.39, 0.29) is 12.0 Å². The third-order valence-electron chi connectivity index (χ3n) is 3.21. The first-order valence-electron chi connectivity index (χ1n) is 6.53. The van der Waals surface area contributed by atoms with Gasteiger partial charge in [0.05, 0.1) is 18.7 Å². The summed E-state index contributed by atoms with van der Waals surface area (Å²) in [6.07, 6.45) is 0. The van der Waals surface area contributed by atoms with Gasteiger partial charge in [0.1, 0.15) is 0 Å². The lowest BCUT2D eigenvalue weighted by molar-refractivity contribution is 0.0600. The molecule has 3 nitrogen and oxygen atoms in total. The molecule has 1 aromatic carbocycles. The highest BCUT2D eigenvalue weighted by molar-refractivity contribution is 7.12. The minimum Gasteiger partial charge on any atom is -0.465 e. The number of methoxy groups -OCH3 is 1. The number of hydrogen-bond acceptors (Lipinski definition) is 4. The Bertz CT molecular complexity index is 619. The molecule has 0 bridgehead atoms. The molecule has 0 saturated heterocycles. The zero-order chi connectivity index (χ0) is 14.7. The van der Waals surface area contributed by atoms with Crippen LogP contribution in [-0.2, 0) is 4.74 Å². The molecule has 4 heteroatoms. The van der Waals surface area contributed by atoms with Crippen molar-refractivity contribution in [3.8, 4) is 0 Å². The van der Waals surface area contributed by atoms with Gasteiger partial charge in [-0.05, 0) is 56.7 Å². The van der Waals surface area contributed by atoms with Gasteiger partial charge in [-0.3, -0.25) is 0 Å². The molecule has 1 unspecified atom stereocenters. The van der Waals surface area contributed by atoms with E-state index in [1.54, 1.807) is 17.4 Å². The maximum Gasteiger partial charge on any atom is 0.337 e. The maximum absolute atomic E-state index is 11.5. The second-order valence-electron chi connectivity index (χ2n) is 4.84. The number of benzene rings is 1. The fourth-order valence-electron chi connectivity index (χ4n) is 2.06. The lowest BCUT2D eigenvalue weighted by Crippen LogP contribution is -2.07. The summed E-state index contributed by atoms with van der Waals surface area (Å²) in [6.45, 7) is 6.23. The van der Waals surface area contributed by atoms with E-state index in [4.69, 9.17) is 4.74 Å². The van der Waals surface area contributed by atoms with Crippen LogP contribution < -0.4 is 5.32 Å². The molecule has 0 saturated carbocycles. The van der Waals surface area contributed by atoms with Crippen molar-refractivity contribution in [2.45, 2.75) is 26.8 Å². The van der Waals surface area contributed by atoms with Gasteiger partial charge in [-0.1, -0.05) is 0 Å². The smallest absolute Gasteiger partial charge is 0.337 e. The topological polar surface area (TPSA) is 38.3 Å². The minimum absolute atomic E-state index is 0.247. The van der Waals surface area contributed by atoms with E-state index in [9.17, 15) is 4.79 Å². The van der Waals surface area contributed by atoms with Crippen molar-refractivity contribution in [2.24, 2.45) is 0 Å². The Morgan fingerprint density at radius 2 is 2.00 bits per heavy atom. The number of rotatable bonds is 4. The number of ether oxygens (including phenoxy) is 1. The Hall–Kier alpha value is -1.81. The highest BCUT2D eigenvalue weighted by Gasteiger charge is 2.11. The summed E-state index contributed by atoms with van der Waals surface area (Å²) in [5.74, 6) is -0.304. The molecule has 1 N–H and O–H groups in total. The summed E-state index contributed by atoms with van der Waals surface area (Å²) >= 11 is 1.80. The lowest BCUT2D eigenvalue weighted by Gasteiger charge is -2.16. The average Bonchev–Trinajstić information content (AvgIpc) is 2.86. The molecule has 1 aromatic heterocycles. The molecule has 0 aliphatic carbocycles. The Balaban J connectivity index is 2.15. The number of nitrogens with one attached hydrogen (secondary N) is 1. The lowest BCUT2D eigenvalue weighted by atomic mass is 10.1. The van der Waals surface area contributed by atoms with Gasteiger partial charge in [0.2, 0.25) is 0 Å². The number of carbonyl (C=O) groups excluding carboxylic acids is 1. The van der Waals surface area contributed by atoms with Crippen LogP contribution in [0.3, 0.4) is 0 Å². The van der Waals surface area contributed by atoms with Crippen LogP contribution in [0.1, 0.15) is 38.6 Å². The van der Waals surface area contributed by atoms with Crippen molar-refractivity contribution >= 4 is 23.0 Å². The van der Waals surface area contributed by atoms with Gasteiger partial charge in [-0.2, -0.15) is 0 Å². The molecule has 2 aromatic rings. The van der Waals surface area contributed by atoms with Gasteiger partial charge in [0, 0.05) is 15.4 Å². The van der Waals surface area contributed by atoms with Crippen molar-refractivity contribution in [3.05, 3.63) is 51.2 Å². The SMILES string of the molecule is COC(=O)c1ccc(NC(C)c2ccc(C)s2)c(C)c1. The van der Waals surface area contributed by atoms with Crippen molar-refractivity contribution in [3.63, 3.8) is 0 Å². The summed E-state index contributed by atoms with van der Waals surface area (Å²) < 4.78 is 4.73. The monoisotopic (exact) mass is 289 g/mol. The molecule has 2 rings (SSSR count). The fraction of sp³-hybridized carbons (Fsp3) is 0.312. The summed E-state index contributed by atoms with van der Waals surface area (Å²) in [6, 6.07) is 10.1. The maximum atomic E-state index is 11.5. The summed E-state index contributed by atoms with van der Waals surface area (Å²) in [5.41, 5.74) is 2.65. The molecular formula is C16H19NO2S. The van der Waals surface area contributed by atoms with Crippen LogP contribution >= 0.6 is 11.3 Å². The van der Waals surface area contributed by atoms with Gasteiger partial charge < -0.3 is 10.1 Å². The number of anilines is 1. The normalized spacial score (nSPS) is 12.0. The van der Waals surface area contributed by atoms with Crippen LogP contribution in [0.25, 0.3) is 0 Å². The summed E-state index contributed by atoms with van der Waals surface area (Å²) in [5, 5.41) is 3.48. The predicted octanol–water partition coefficient (Wildman–Crippen LogP) is 4.32. The third kappa shape index (κ3) is 3.20. The van der Waals surface area contributed by atoms with Crippen molar-refractivity contribution in [2.75, 3.05) is 12.4 Å². The first-order valence-corrected chi connectivity index (χ1v) is 7.34. The van der Waals surface area contributed by atoms with Gasteiger partial charge in [0.25, 0.3) is 0 Å². The first-order chi connectivity index (χ1) is 9.51. The second-order valence-corrected chi connectivity index (χ2v) is 6.16. The zero-order valence-corrected chi connectivity index (χ0v) is 13.0. The number of hydrogen-bond donors (Lipinski definition) is 1. The highest BCUT2D eigenvalue weighted by atomic mass is 32.1. The Labute approximate surface area is 123 Å². The quantitative estimate of drug-likeness (QED) is 0.852. The zero-order valence-electron chi connectivity index (χ0n) is 12.2. The second kappa shape index (κ2) is 6.09. The van der Waals surface area contributed by atoms with E-state index in [0.717, 1.165) is 11.3 Å². The molecule has 20 heavy (non-hydrogen) atoms. The van der Waals surface area contributed by atoms with E-state index >= 15 is 0 Å². The van der Waals surface area contributed by atoms with E-state index in [1.165, 1.54) is 16.9 Å². The molecule has 0 aliphatic rings. The molecule has 0 amide bonds. The Morgan fingerprint density at radius 1 is 1.25 bits per heavy atom. The van der Waals surface area contributed by atoms with Gasteiger partial charge in [-0.15, -0.1) is 11.3 Å². The van der Waals surface area contributed by atoms with Crippen LogP contribution in [0.4, 0.5) is 5.69 Å². The third-order valence-corrected chi connectivity index (χ3v) is 4.39. The van der Waals surface area contributed by atoms with Crippen molar-refractivity contribution in [1.29, 1.82) is 0 Å². The van der Waals surface area contributed by atoms with Gasteiger partial charge in [-0.25, -0.2) is 4.79 Å². The average molecular weight is 289 g/mol. The van der Waals surface area contributed by atoms with Crippen LogP contribution in [0.5, 0.6) is 0 Å². The van der Waals surface area contributed by atoms with Crippen molar-refractivity contribution in [1.82, 2.24) is 0 Å². The number of aryl methyl sites for hydroxylation is 2. The predicted molar refractivity (Wildman–Crippen MR) is 83.6 cm³/mol. The minimum atomic E-state index is -0.304. The fourth-order valence-corrected chi connectivity index (χ4v) is 2.94. The molecule has 0 spiro atoms. The molecular weight excluding hydrogens is 270 g/mol. The Kier molecular flexibility index (Phi) is 4.45. The van der Waals surface area contributed by atoms with Crippen LogP contribution in [0.2, 0.25) is 0 Å². The summed E-state index contributed by atoms with van der Waals surface area (Å²) in [4.78, 5) is 14.1. The van der Waals surface area contributed by atoms with E-state index in [2.05, 4.69) is 31.3 Å².